The van der Waals surface area contributed by atoms with E-state index in [9.17, 15) is 12.8 Å². The molecular weight excluding hydrogens is 645 g/mol. The van der Waals surface area contributed by atoms with Gasteiger partial charge in [0.1, 0.15) is 34.6 Å². The lowest BCUT2D eigenvalue weighted by Gasteiger charge is -2.24. The first-order valence-electron chi connectivity index (χ1n) is 15.3. The van der Waals surface area contributed by atoms with Crippen LogP contribution in [0.2, 0.25) is 0 Å². The van der Waals surface area contributed by atoms with Crippen molar-refractivity contribution in [3.05, 3.63) is 113 Å². The van der Waals surface area contributed by atoms with Crippen LogP contribution in [0.3, 0.4) is 0 Å². The van der Waals surface area contributed by atoms with Crippen molar-refractivity contribution in [1.29, 1.82) is 0 Å². The van der Waals surface area contributed by atoms with Crippen molar-refractivity contribution < 1.29 is 35.8 Å². The zero-order valence-corrected chi connectivity index (χ0v) is 27.5. The number of halogens is 3. The number of ether oxygens (including phenoxy) is 3. The number of rotatable bonds is 11. The fourth-order valence-electron chi connectivity index (χ4n) is 5.74. The quantitative estimate of drug-likeness (QED) is 0.192. The first kappa shape index (κ1) is 33.5. The molecule has 3 aromatic carbocycles. The second-order valence-corrected chi connectivity index (χ2v) is 13.5. The van der Waals surface area contributed by atoms with Crippen LogP contribution in [0.1, 0.15) is 22.4 Å². The Bertz CT molecular complexity index is 1960. The number of imidazole rings is 1. The Hall–Kier alpha value is -4.43. The first-order chi connectivity index (χ1) is 23.1. The van der Waals surface area contributed by atoms with Gasteiger partial charge in [0.25, 0.3) is 0 Å². The maximum absolute atomic E-state index is 16.1. The number of hydrogen-bond donors (Lipinski definition) is 1. The molecule has 9 nitrogen and oxygen atoms in total. The molecule has 0 aliphatic carbocycles. The van der Waals surface area contributed by atoms with Gasteiger partial charge in [-0.1, -0.05) is 24.3 Å². The highest BCUT2D eigenvalue weighted by atomic mass is 32.2. The van der Waals surface area contributed by atoms with Gasteiger partial charge >= 0.3 is 0 Å². The molecule has 0 saturated carbocycles. The van der Waals surface area contributed by atoms with Gasteiger partial charge in [0.15, 0.2) is 0 Å². The van der Waals surface area contributed by atoms with E-state index < -0.39 is 37.9 Å². The molecule has 1 N–H and O–H groups in total. The van der Waals surface area contributed by atoms with Gasteiger partial charge in [0.2, 0.25) is 10.0 Å². The maximum atomic E-state index is 16.1. The third kappa shape index (κ3) is 6.90. The van der Waals surface area contributed by atoms with Gasteiger partial charge in [-0.2, -0.15) is 4.31 Å². The SMILES string of the molecule is COc1ccc(CN(Cc2ccc(OC)cc2)S(=O)(=O)c2cc(F)c(-c3nc4cc(C)c(F)cn4c3C[C@H]3CNCCO3)c(F)c2)cc1. The third-order valence-corrected chi connectivity index (χ3v) is 10.1. The monoisotopic (exact) mass is 680 g/mol. The highest BCUT2D eigenvalue weighted by molar-refractivity contribution is 7.89. The van der Waals surface area contributed by atoms with Crippen LogP contribution in [0.25, 0.3) is 16.9 Å². The number of pyridine rings is 1. The maximum Gasteiger partial charge on any atom is 0.243 e. The van der Waals surface area contributed by atoms with Gasteiger partial charge in [-0.15, -0.1) is 0 Å². The fourth-order valence-corrected chi connectivity index (χ4v) is 7.18. The molecule has 0 unspecified atom stereocenters. The van der Waals surface area contributed by atoms with Crippen molar-refractivity contribution in [3.63, 3.8) is 0 Å². The number of hydrogen-bond acceptors (Lipinski definition) is 7. The van der Waals surface area contributed by atoms with E-state index in [1.165, 1.54) is 30.9 Å². The lowest BCUT2D eigenvalue weighted by Crippen LogP contribution is -2.39. The summed E-state index contributed by atoms with van der Waals surface area (Å²) in [6, 6.07) is 16.8. The number of methoxy groups -OCH3 is 2. The van der Waals surface area contributed by atoms with Crippen LogP contribution in [0.4, 0.5) is 13.2 Å². The molecule has 1 atom stereocenters. The van der Waals surface area contributed by atoms with E-state index in [2.05, 4.69) is 10.3 Å². The highest BCUT2D eigenvalue weighted by Crippen LogP contribution is 2.34. The summed E-state index contributed by atoms with van der Waals surface area (Å²) in [5.74, 6) is -1.55. The van der Waals surface area contributed by atoms with Gasteiger partial charge in [0, 0.05) is 38.8 Å². The lowest BCUT2D eigenvalue weighted by atomic mass is 10.0. The average Bonchev–Trinajstić information content (AvgIpc) is 3.40. The zero-order valence-electron chi connectivity index (χ0n) is 26.7. The number of aryl methyl sites for hydroxylation is 1. The van der Waals surface area contributed by atoms with E-state index in [-0.39, 0.29) is 31.3 Å². The Morgan fingerprint density at radius 2 is 1.50 bits per heavy atom. The zero-order chi connectivity index (χ0) is 34.0. The predicted molar refractivity (Wildman–Crippen MR) is 174 cm³/mol. The summed E-state index contributed by atoms with van der Waals surface area (Å²) < 4.78 is 94.2. The van der Waals surface area contributed by atoms with Gasteiger partial charge in [-0.3, -0.25) is 0 Å². The van der Waals surface area contributed by atoms with E-state index in [1.807, 2.05) is 0 Å². The largest absolute Gasteiger partial charge is 0.497 e. The molecule has 1 fully saturated rings. The number of nitrogens with one attached hydrogen (secondary N) is 1. The highest BCUT2D eigenvalue weighted by Gasteiger charge is 2.30. The number of aromatic nitrogens is 2. The van der Waals surface area contributed by atoms with Crippen molar-refractivity contribution in [1.82, 2.24) is 19.0 Å². The molecule has 1 saturated heterocycles. The number of fused-ring (bicyclic) bond motifs is 1. The van der Waals surface area contributed by atoms with Crippen molar-refractivity contribution in [2.75, 3.05) is 33.9 Å². The molecular formula is C35H35F3N4O5S. The first-order valence-corrected chi connectivity index (χ1v) is 16.8. The van der Waals surface area contributed by atoms with E-state index in [0.29, 0.717) is 59.2 Å². The minimum atomic E-state index is -4.45. The van der Waals surface area contributed by atoms with Crippen LogP contribution in [0.5, 0.6) is 11.5 Å². The minimum absolute atomic E-state index is 0.0542. The summed E-state index contributed by atoms with van der Waals surface area (Å²) in [5.41, 5.74) is 1.67. The third-order valence-electron chi connectivity index (χ3n) is 8.35. The molecule has 2 aromatic heterocycles. The van der Waals surface area contributed by atoms with Crippen molar-refractivity contribution in [2.45, 2.75) is 37.4 Å². The molecule has 5 aromatic rings. The predicted octanol–water partition coefficient (Wildman–Crippen LogP) is 5.67. The average molecular weight is 681 g/mol. The Morgan fingerprint density at radius 3 is 2.02 bits per heavy atom. The van der Waals surface area contributed by atoms with Crippen molar-refractivity contribution in [3.8, 4) is 22.8 Å². The second kappa shape index (κ2) is 14.0. The number of nitrogens with zero attached hydrogens (tertiary/aromatic N) is 3. The van der Waals surface area contributed by atoms with Crippen LogP contribution in [0.15, 0.2) is 77.8 Å². The van der Waals surface area contributed by atoms with Gasteiger partial charge in [0.05, 0.1) is 48.8 Å². The second-order valence-electron chi connectivity index (χ2n) is 11.6. The minimum Gasteiger partial charge on any atom is -0.497 e. The van der Waals surface area contributed by atoms with E-state index in [1.54, 1.807) is 55.5 Å². The van der Waals surface area contributed by atoms with E-state index in [0.717, 1.165) is 16.4 Å². The standard InChI is InChI=1S/C35H35F3N4O5S/c1-22-14-33-40-35(32(42(33)21-31(22)38)15-27-18-39-12-13-47-27)34-29(36)16-28(17-30(34)37)48(43,44)41(19-23-4-8-25(45-2)9-5-23)20-24-6-10-26(46-3)11-7-24/h4-11,14,16-17,21,27,39H,12-13,15,18-20H2,1-3H3/t27-/m0/s1. The van der Waals surface area contributed by atoms with Crippen LogP contribution in [0, 0.1) is 24.4 Å². The molecule has 3 heterocycles. The fraction of sp³-hybridized carbons (Fsp3) is 0.286. The number of sulfonamides is 1. The summed E-state index contributed by atoms with van der Waals surface area (Å²) in [7, 11) is -1.40. The Labute approximate surface area is 276 Å². The molecule has 0 bridgehead atoms. The van der Waals surface area contributed by atoms with Gasteiger partial charge in [-0.25, -0.2) is 26.6 Å². The number of benzene rings is 3. The Kier molecular flexibility index (Phi) is 9.74. The Balaban J connectivity index is 1.41. The summed E-state index contributed by atoms with van der Waals surface area (Å²) in [6.07, 6.45) is 1.07. The summed E-state index contributed by atoms with van der Waals surface area (Å²) in [5, 5.41) is 3.22. The number of morpholine rings is 1. The molecule has 0 radical (unpaired) electrons. The van der Waals surface area contributed by atoms with Crippen LogP contribution >= 0.6 is 0 Å². The van der Waals surface area contributed by atoms with E-state index in [4.69, 9.17) is 14.2 Å². The smallest absolute Gasteiger partial charge is 0.243 e. The molecule has 0 amide bonds. The molecule has 48 heavy (non-hydrogen) atoms. The van der Waals surface area contributed by atoms with Gasteiger partial charge < -0.3 is 23.9 Å². The van der Waals surface area contributed by atoms with E-state index >= 15 is 8.78 Å². The van der Waals surface area contributed by atoms with Crippen molar-refractivity contribution >= 4 is 15.7 Å². The van der Waals surface area contributed by atoms with Crippen LogP contribution in [-0.4, -0.2) is 62.1 Å². The van der Waals surface area contributed by atoms with Gasteiger partial charge in [-0.05, 0) is 66.1 Å². The summed E-state index contributed by atoms with van der Waals surface area (Å²) in [4.78, 5) is 3.94. The molecule has 0 spiro atoms. The lowest BCUT2D eigenvalue weighted by molar-refractivity contribution is 0.0286. The molecule has 6 rings (SSSR count). The van der Waals surface area contributed by atoms with Crippen LogP contribution < -0.4 is 14.8 Å². The Morgan fingerprint density at radius 1 is 0.917 bits per heavy atom. The molecule has 1 aliphatic heterocycles. The summed E-state index contributed by atoms with van der Waals surface area (Å²) in [6.45, 7) is 3.00. The molecule has 252 valence electrons. The van der Waals surface area contributed by atoms with Crippen LogP contribution in [-0.2, 0) is 34.3 Å². The topological polar surface area (TPSA) is 94.4 Å². The summed E-state index contributed by atoms with van der Waals surface area (Å²) >= 11 is 0. The molecule has 1 aliphatic rings. The van der Waals surface area contributed by atoms with Crippen molar-refractivity contribution in [2.24, 2.45) is 0 Å². The normalized spacial score (nSPS) is 15.3. The molecule has 13 heteroatoms.